The summed E-state index contributed by atoms with van der Waals surface area (Å²) >= 11 is 0. The predicted molar refractivity (Wildman–Crippen MR) is 164 cm³/mol. The molecule has 0 saturated carbocycles. The molecule has 234 valence electrons. The van der Waals surface area contributed by atoms with Gasteiger partial charge in [0, 0.05) is 0 Å². The standard InChI is InChI=1S/C31H32O10S3/c1-18-7-8-25(16-28(18)43(34,35)36)42(32,33)26-9-10-27(29(17-26)44(37,38)39)41-31-21(4)13-24(14-22(31)5)15-23-11-19(2)30(40-6)20(3)12-23/h7-14,16-17H,15H2,1-6H3,(H,34,35,36)(H,37,38,39). The lowest BCUT2D eigenvalue weighted by Crippen LogP contribution is -2.09. The van der Waals surface area contributed by atoms with Crippen LogP contribution in [0, 0.1) is 34.6 Å². The van der Waals surface area contributed by atoms with Crippen LogP contribution < -0.4 is 9.47 Å². The number of hydrogen-bond donors (Lipinski definition) is 2. The van der Waals surface area contributed by atoms with Crippen molar-refractivity contribution in [3.05, 3.63) is 99.6 Å². The van der Waals surface area contributed by atoms with Gasteiger partial charge in [-0.15, -0.1) is 0 Å². The minimum Gasteiger partial charge on any atom is -0.496 e. The van der Waals surface area contributed by atoms with Crippen molar-refractivity contribution in [2.45, 2.75) is 60.6 Å². The molecule has 0 amide bonds. The topological polar surface area (TPSA) is 161 Å². The van der Waals surface area contributed by atoms with Crippen LogP contribution in [0.15, 0.2) is 80.2 Å². The maximum Gasteiger partial charge on any atom is 0.298 e. The molecule has 0 radical (unpaired) electrons. The Morgan fingerprint density at radius 3 is 1.45 bits per heavy atom. The van der Waals surface area contributed by atoms with E-state index in [1.807, 2.05) is 26.0 Å². The van der Waals surface area contributed by atoms with Crippen LogP contribution in [0.25, 0.3) is 0 Å². The Labute approximate surface area is 257 Å². The molecule has 4 aromatic carbocycles. The Balaban J connectivity index is 1.72. The van der Waals surface area contributed by atoms with Crippen molar-refractivity contribution in [1.82, 2.24) is 0 Å². The van der Waals surface area contributed by atoms with E-state index in [0.717, 1.165) is 58.3 Å². The van der Waals surface area contributed by atoms with Crippen LogP contribution in [0.4, 0.5) is 0 Å². The number of hydrogen-bond acceptors (Lipinski definition) is 8. The fourth-order valence-corrected chi connectivity index (χ4v) is 8.07. The summed E-state index contributed by atoms with van der Waals surface area (Å²) in [6.45, 7) is 8.89. The van der Waals surface area contributed by atoms with Crippen LogP contribution >= 0.6 is 0 Å². The smallest absolute Gasteiger partial charge is 0.298 e. The summed E-state index contributed by atoms with van der Waals surface area (Å²) in [6, 6.07) is 13.9. The van der Waals surface area contributed by atoms with Crippen LogP contribution in [0.1, 0.15) is 38.9 Å². The van der Waals surface area contributed by atoms with E-state index in [1.165, 1.54) is 13.0 Å². The first-order valence-corrected chi connectivity index (χ1v) is 17.6. The van der Waals surface area contributed by atoms with Crippen molar-refractivity contribution in [2.75, 3.05) is 7.11 Å². The van der Waals surface area contributed by atoms with E-state index in [0.29, 0.717) is 23.3 Å². The van der Waals surface area contributed by atoms with E-state index in [2.05, 4.69) is 12.1 Å². The molecule has 0 saturated heterocycles. The molecule has 0 aliphatic heterocycles. The van der Waals surface area contributed by atoms with E-state index < -0.39 is 49.7 Å². The zero-order valence-corrected chi connectivity index (χ0v) is 27.3. The highest BCUT2D eigenvalue weighted by Gasteiger charge is 2.27. The average Bonchev–Trinajstić information content (AvgIpc) is 2.89. The lowest BCUT2D eigenvalue weighted by Gasteiger charge is -2.17. The first-order valence-electron chi connectivity index (χ1n) is 13.2. The van der Waals surface area contributed by atoms with Crippen molar-refractivity contribution in [1.29, 1.82) is 0 Å². The molecule has 0 fully saturated rings. The Hall–Kier alpha value is -3.75. The second-order valence-electron chi connectivity index (χ2n) is 10.6. The van der Waals surface area contributed by atoms with Gasteiger partial charge in [-0.2, -0.15) is 16.8 Å². The molecule has 4 aromatic rings. The van der Waals surface area contributed by atoms with E-state index in [1.54, 1.807) is 21.0 Å². The molecule has 0 spiro atoms. The van der Waals surface area contributed by atoms with Gasteiger partial charge in [0.05, 0.1) is 21.8 Å². The molecule has 10 nitrogen and oxygen atoms in total. The van der Waals surface area contributed by atoms with Gasteiger partial charge in [-0.25, -0.2) is 8.42 Å². The molecule has 0 heterocycles. The molecule has 0 aromatic heterocycles. The highest BCUT2D eigenvalue weighted by Crippen LogP contribution is 2.37. The number of aryl methyl sites for hydroxylation is 5. The average molecular weight is 661 g/mol. The molecule has 0 atom stereocenters. The Bertz CT molecular complexity index is 2070. The third kappa shape index (κ3) is 6.81. The Kier molecular flexibility index (Phi) is 9.02. The van der Waals surface area contributed by atoms with Gasteiger partial charge in [0.15, 0.2) is 0 Å². The minimum atomic E-state index is -4.98. The van der Waals surface area contributed by atoms with Crippen molar-refractivity contribution >= 4 is 30.1 Å². The van der Waals surface area contributed by atoms with Gasteiger partial charge >= 0.3 is 0 Å². The Morgan fingerprint density at radius 2 is 1.00 bits per heavy atom. The maximum absolute atomic E-state index is 13.3. The predicted octanol–water partition coefficient (Wildman–Crippen LogP) is 5.95. The fourth-order valence-electron chi connectivity index (χ4n) is 5.22. The van der Waals surface area contributed by atoms with Crippen molar-refractivity contribution in [3.63, 3.8) is 0 Å². The normalized spacial score (nSPS) is 12.3. The third-order valence-corrected chi connectivity index (χ3v) is 10.7. The second-order valence-corrected chi connectivity index (χ2v) is 15.3. The highest BCUT2D eigenvalue weighted by molar-refractivity contribution is 7.91. The molecule has 0 unspecified atom stereocenters. The quantitative estimate of drug-likeness (QED) is 0.205. The van der Waals surface area contributed by atoms with Crippen LogP contribution in [0.5, 0.6) is 17.2 Å². The zero-order valence-electron chi connectivity index (χ0n) is 24.9. The minimum absolute atomic E-state index is 0.111. The number of benzene rings is 4. The fraction of sp³-hybridized carbons (Fsp3) is 0.226. The molecule has 0 aliphatic carbocycles. The van der Waals surface area contributed by atoms with Crippen molar-refractivity contribution in [3.8, 4) is 17.2 Å². The van der Waals surface area contributed by atoms with Crippen LogP contribution in [0.3, 0.4) is 0 Å². The van der Waals surface area contributed by atoms with E-state index in [-0.39, 0.29) is 11.3 Å². The number of sulfone groups is 1. The largest absolute Gasteiger partial charge is 0.496 e. The van der Waals surface area contributed by atoms with Gasteiger partial charge in [-0.1, -0.05) is 30.3 Å². The van der Waals surface area contributed by atoms with Gasteiger partial charge < -0.3 is 9.47 Å². The number of rotatable bonds is 9. The first-order chi connectivity index (χ1) is 20.3. The third-order valence-electron chi connectivity index (χ3n) is 7.12. The molecular weight excluding hydrogens is 629 g/mol. The van der Waals surface area contributed by atoms with Crippen molar-refractivity contribution in [2.24, 2.45) is 0 Å². The summed E-state index contributed by atoms with van der Waals surface area (Å²) in [4.78, 5) is -2.46. The highest BCUT2D eigenvalue weighted by atomic mass is 32.2. The maximum atomic E-state index is 13.3. The second kappa shape index (κ2) is 12.0. The summed E-state index contributed by atoms with van der Waals surface area (Å²) in [5.41, 5.74) is 5.56. The zero-order chi connectivity index (χ0) is 32.8. The summed E-state index contributed by atoms with van der Waals surface area (Å²) in [6.07, 6.45) is 0.620. The summed E-state index contributed by atoms with van der Waals surface area (Å²) in [5.74, 6) is 0.849. The molecule has 4 rings (SSSR count). The van der Waals surface area contributed by atoms with E-state index in [4.69, 9.17) is 9.47 Å². The molecule has 0 bridgehead atoms. The molecule has 2 N–H and O–H groups in total. The molecular formula is C31H32O10S3. The first kappa shape index (κ1) is 33.1. The lowest BCUT2D eigenvalue weighted by atomic mass is 9.97. The summed E-state index contributed by atoms with van der Waals surface area (Å²) in [7, 11) is -12.6. The molecule has 0 aliphatic rings. The lowest BCUT2D eigenvalue weighted by molar-refractivity contribution is 0.408. The van der Waals surface area contributed by atoms with Crippen LogP contribution in [0.2, 0.25) is 0 Å². The van der Waals surface area contributed by atoms with Crippen LogP contribution in [-0.4, -0.2) is 41.5 Å². The molecule has 44 heavy (non-hydrogen) atoms. The summed E-state index contributed by atoms with van der Waals surface area (Å²) in [5, 5.41) is 0. The monoisotopic (exact) mass is 660 g/mol. The van der Waals surface area contributed by atoms with E-state index in [9.17, 15) is 34.4 Å². The number of methoxy groups -OCH3 is 1. The van der Waals surface area contributed by atoms with Gasteiger partial charge in [-0.05, 0) is 110 Å². The van der Waals surface area contributed by atoms with Gasteiger partial charge in [0.2, 0.25) is 9.84 Å². The van der Waals surface area contributed by atoms with Gasteiger partial charge in [0.1, 0.15) is 22.1 Å². The van der Waals surface area contributed by atoms with Gasteiger partial charge in [-0.3, -0.25) is 9.11 Å². The van der Waals surface area contributed by atoms with Gasteiger partial charge in [0.25, 0.3) is 20.2 Å². The number of ether oxygens (including phenoxy) is 2. The summed E-state index contributed by atoms with van der Waals surface area (Å²) < 4.78 is 106. The Morgan fingerprint density at radius 1 is 0.568 bits per heavy atom. The van der Waals surface area contributed by atoms with Crippen LogP contribution in [-0.2, 0) is 36.5 Å². The van der Waals surface area contributed by atoms with Crippen molar-refractivity contribution < 1.29 is 43.8 Å². The van der Waals surface area contributed by atoms with E-state index >= 15 is 0 Å². The SMILES string of the molecule is COc1c(C)cc(Cc2cc(C)c(Oc3ccc(S(=O)(=O)c4ccc(C)c(S(=O)(=O)O)c4)cc3S(=O)(=O)O)c(C)c2)cc1C. The molecule has 13 heteroatoms.